The van der Waals surface area contributed by atoms with Crippen LogP contribution in [0.3, 0.4) is 0 Å². The molecular weight excluding hydrogens is 470 g/mol. The van der Waals surface area contributed by atoms with Crippen molar-refractivity contribution in [3.8, 4) is 0 Å². The monoisotopic (exact) mass is 519 g/mol. The molecule has 0 spiro atoms. The maximum Gasteiger partial charge on any atom is 0.276 e. The van der Waals surface area contributed by atoms with Gasteiger partial charge in [-0.1, -0.05) is 53.4 Å². The molecule has 208 valence electrons. The molecule has 6 nitrogen and oxygen atoms in total. The van der Waals surface area contributed by atoms with Crippen LogP contribution in [-0.2, 0) is 11.8 Å². The molecule has 2 heterocycles. The van der Waals surface area contributed by atoms with E-state index in [1.807, 2.05) is 0 Å². The molecule has 6 heteroatoms. The molecule has 0 radical (unpaired) electrons. The van der Waals surface area contributed by atoms with Crippen molar-refractivity contribution in [3.05, 3.63) is 56.1 Å². The summed E-state index contributed by atoms with van der Waals surface area (Å²) in [5.41, 5.74) is 6.47. The van der Waals surface area contributed by atoms with Gasteiger partial charge < -0.3 is 4.90 Å². The van der Waals surface area contributed by atoms with E-state index in [-0.39, 0.29) is 11.0 Å². The Morgan fingerprint density at radius 3 is 2.32 bits per heavy atom. The van der Waals surface area contributed by atoms with Crippen LogP contribution in [0, 0.1) is 6.92 Å². The quantitative estimate of drug-likeness (QED) is 0.277. The highest BCUT2D eigenvalue weighted by Gasteiger charge is 2.27. The Hall–Kier alpha value is -2.89. The van der Waals surface area contributed by atoms with Gasteiger partial charge in [0.05, 0.1) is 16.7 Å². The van der Waals surface area contributed by atoms with Crippen LogP contribution in [0.2, 0.25) is 0 Å². The van der Waals surface area contributed by atoms with E-state index in [1.165, 1.54) is 24.9 Å². The van der Waals surface area contributed by atoms with Crippen LogP contribution in [0.15, 0.2) is 28.0 Å². The Morgan fingerprint density at radius 2 is 1.74 bits per heavy atom. The molecule has 0 unspecified atom stereocenters. The third-order valence-corrected chi connectivity index (χ3v) is 7.95. The number of aromatic nitrogens is 3. The van der Waals surface area contributed by atoms with Gasteiger partial charge in [0.2, 0.25) is 0 Å². The molecule has 0 aliphatic carbocycles. The van der Waals surface area contributed by atoms with Crippen molar-refractivity contribution in [2.24, 2.45) is 4.99 Å². The van der Waals surface area contributed by atoms with Crippen LogP contribution in [-0.4, -0.2) is 27.7 Å². The average Bonchev–Trinajstić information content (AvgIpc) is 3.26. The maximum absolute atomic E-state index is 14.0. The smallest absolute Gasteiger partial charge is 0.276 e. The van der Waals surface area contributed by atoms with Gasteiger partial charge in [0, 0.05) is 29.8 Å². The predicted molar refractivity (Wildman–Crippen MR) is 162 cm³/mol. The minimum absolute atomic E-state index is 0.0135. The lowest BCUT2D eigenvalue weighted by atomic mass is 9.83. The summed E-state index contributed by atoms with van der Waals surface area (Å²) in [6, 6.07) is 6.42. The second-order valence-corrected chi connectivity index (χ2v) is 11.4. The van der Waals surface area contributed by atoms with Gasteiger partial charge in [-0.3, -0.25) is 9.89 Å². The summed E-state index contributed by atoms with van der Waals surface area (Å²) >= 11 is 0. The highest BCUT2D eigenvalue weighted by atomic mass is 16.1. The molecule has 0 saturated heterocycles. The topological polar surface area (TPSA) is 65.8 Å². The van der Waals surface area contributed by atoms with Crippen LogP contribution in [0.25, 0.3) is 11.2 Å². The number of aromatic amines is 1. The predicted octanol–water partition coefficient (Wildman–Crippen LogP) is 6.52. The zero-order valence-electron chi connectivity index (χ0n) is 25.3. The van der Waals surface area contributed by atoms with Crippen molar-refractivity contribution in [3.63, 3.8) is 0 Å². The number of hydrogen-bond donors (Lipinski definition) is 1. The first kappa shape index (κ1) is 29.7. The number of rotatable bonds is 12. The molecule has 38 heavy (non-hydrogen) atoms. The van der Waals surface area contributed by atoms with Gasteiger partial charge in [-0.05, 0) is 83.2 Å². The fourth-order valence-electron chi connectivity index (χ4n) is 5.08. The Labute approximate surface area is 228 Å². The van der Waals surface area contributed by atoms with Gasteiger partial charge in [0.1, 0.15) is 5.36 Å². The van der Waals surface area contributed by atoms with E-state index in [1.54, 1.807) is 4.52 Å². The van der Waals surface area contributed by atoms with E-state index in [0.29, 0.717) is 5.65 Å². The summed E-state index contributed by atoms with van der Waals surface area (Å²) in [6.45, 7) is 21.3. The highest BCUT2D eigenvalue weighted by molar-refractivity contribution is 5.58. The second kappa shape index (κ2) is 12.8. The maximum atomic E-state index is 14.0. The largest absolute Gasteiger partial charge is 0.372 e. The number of benzene rings is 1. The summed E-state index contributed by atoms with van der Waals surface area (Å²) < 4.78 is 1.64. The molecule has 0 aliphatic heterocycles. The fourth-order valence-corrected chi connectivity index (χ4v) is 5.08. The van der Waals surface area contributed by atoms with E-state index >= 15 is 0 Å². The van der Waals surface area contributed by atoms with Gasteiger partial charge in [0.15, 0.2) is 5.65 Å². The standard InChI is InChI=1S/C32H49N5O/c1-10-14-15-16-17-18-25-29(32(8,9)11-2)34-30-28(27(22(5)6)35-37(30)31(25)38)33-26-20-19-24(21-23(26)7)36(12-3)13-4/h19-21,35H,10-18H2,1-9H3. The number of H-pyrrole nitrogens is 1. The Morgan fingerprint density at radius 1 is 1.05 bits per heavy atom. The minimum Gasteiger partial charge on any atom is -0.372 e. The number of unbranched alkanes of at least 4 members (excludes halogenated alkanes) is 4. The molecule has 3 aromatic rings. The summed E-state index contributed by atoms with van der Waals surface area (Å²) in [5.74, 6) is 0. The van der Waals surface area contributed by atoms with Crippen LogP contribution < -0.4 is 21.2 Å². The second-order valence-electron chi connectivity index (χ2n) is 11.4. The first-order valence-electron chi connectivity index (χ1n) is 14.6. The number of nitrogens with one attached hydrogen (secondary N) is 1. The van der Waals surface area contributed by atoms with Crippen molar-refractivity contribution >= 4 is 22.6 Å². The van der Waals surface area contributed by atoms with Crippen LogP contribution in [0.5, 0.6) is 0 Å². The van der Waals surface area contributed by atoms with Gasteiger partial charge in [0.25, 0.3) is 5.56 Å². The van der Waals surface area contributed by atoms with E-state index in [9.17, 15) is 4.79 Å². The van der Waals surface area contributed by atoms with Gasteiger partial charge in [-0.15, -0.1) is 0 Å². The molecule has 0 atom stereocenters. The highest BCUT2D eigenvalue weighted by Crippen LogP contribution is 2.28. The summed E-state index contributed by atoms with van der Waals surface area (Å²) in [5, 5.41) is 4.97. The molecule has 0 bridgehead atoms. The Kier molecular flexibility index (Phi) is 9.97. The molecule has 0 aliphatic rings. The number of fused-ring (bicyclic) bond motifs is 1. The van der Waals surface area contributed by atoms with E-state index in [0.717, 1.165) is 77.6 Å². The summed E-state index contributed by atoms with van der Waals surface area (Å²) in [4.78, 5) is 26.6. The van der Waals surface area contributed by atoms with Crippen LogP contribution >= 0.6 is 0 Å². The van der Waals surface area contributed by atoms with E-state index in [4.69, 9.17) is 9.98 Å². The summed E-state index contributed by atoms with van der Waals surface area (Å²) in [7, 11) is 0. The van der Waals surface area contributed by atoms with Gasteiger partial charge >= 0.3 is 0 Å². The molecular formula is C32H49N5O. The Balaban J connectivity index is 2.27. The van der Waals surface area contributed by atoms with Crippen molar-refractivity contribution < 1.29 is 0 Å². The summed E-state index contributed by atoms with van der Waals surface area (Å²) in [6.07, 6.45) is 7.50. The lowest BCUT2D eigenvalue weighted by Crippen LogP contribution is -2.30. The number of nitrogens with zero attached hydrogens (tertiary/aromatic N) is 4. The van der Waals surface area contributed by atoms with Crippen molar-refractivity contribution in [1.29, 1.82) is 0 Å². The van der Waals surface area contributed by atoms with Crippen molar-refractivity contribution in [2.75, 3.05) is 18.0 Å². The normalized spacial score (nSPS) is 12.5. The lowest BCUT2D eigenvalue weighted by Gasteiger charge is -2.24. The fraction of sp³-hybridized carbons (Fsp3) is 0.594. The third-order valence-electron chi connectivity index (χ3n) is 7.95. The SMILES string of the molecule is CCCCCCCc1c(C(C)(C)CC)nc2c(=Nc3ccc(N(CC)CC)cc3C)c(=C(C)C)[nH]n2c1=O. The Bertz CT molecular complexity index is 1420. The van der Waals surface area contributed by atoms with Crippen molar-refractivity contribution in [1.82, 2.24) is 14.6 Å². The lowest BCUT2D eigenvalue weighted by molar-refractivity contribution is 0.480. The number of hydrogen-bond acceptors (Lipinski definition) is 4. The zero-order valence-corrected chi connectivity index (χ0v) is 25.3. The molecule has 0 amide bonds. The van der Waals surface area contributed by atoms with Crippen LogP contribution in [0.1, 0.15) is 111 Å². The van der Waals surface area contributed by atoms with E-state index in [2.05, 4.69) is 90.5 Å². The first-order chi connectivity index (χ1) is 18.1. The molecule has 1 N–H and O–H groups in total. The molecule has 0 saturated carbocycles. The van der Waals surface area contributed by atoms with Gasteiger partial charge in [-0.25, -0.2) is 9.98 Å². The first-order valence-corrected chi connectivity index (χ1v) is 14.6. The molecule has 2 aromatic heterocycles. The average molecular weight is 520 g/mol. The number of aryl methyl sites for hydroxylation is 1. The van der Waals surface area contributed by atoms with Crippen molar-refractivity contribution in [2.45, 2.75) is 113 Å². The zero-order chi connectivity index (χ0) is 28.0. The van der Waals surface area contributed by atoms with Gasteiger partial charge in [-0.2, -0.15) is 4.52 Å². The molecule has 0 fully saturated rings. The molecule has 3 rings (SSSR count). The third kappa shape index (κ3) is 6.22. The van der Waals surface area contributed by atoms with E-state index < -0.39 is 0 Å². The number of anilines is 1. The molecule has 1 aromatic carbocycles. The minimum atomic E-state index is -0.201. The van der Waals surface area contributed by atoms with Crippen LogP contribution in [0.4, 0.5) is 11.4 Å².